The van der Waals surface area contributed by atoms with Crippen molar-refractivity contribution in [2.24, 2.45) is 11.7 Å². The van der Waals surface area contributed by atoms with Crippen molar-refractivity contribution in [3.63, 3.8) is 0 Å². The topological polar surface area (TPSA) is 100 Å². The van der Waals surface area contributed by atoms with Gasteiger partial charge in [-0.1, -0.05) is 30.3 Å². The molecule has 41 heavy (non-hydrogen) atoms. The number of benzene rings is 2. The van der Waals surface area contributed by atoms with Gasteiger partial charge in [-0.15, -0.1) is 0 Å². The van der Waals surface area contributed by atoms with Crippen molar-refractivity contribution in [3.8, 4) is 5.75 Å². The smallest absolute Gasteiger partial charge is 0.394 e. The molecular formula is C32H38F2N4O3. The highest BCUT2D eigenvalue weighted by Gasteiger charge is 2.34. The number of alkyl halides is 2. The van der Waals surface area contributed by atoms with Gasteiger partial charge >= 0.3 is 6.11 Å². The summed E-state index contributed by atoms with van der Waals surface area (Å²) in [7, 11) is 0. The Balaban J connectivity index is 1.09. The number of rotatable bonds is 9. The zero-order chi connectivity index (χ0) is 29.0. The molecule has 4 N–H and O–H groups in total. The number of hydrogen-bond donors (Lipinski definition) is 3. The first-order valence-corrected chi connectivity index (χ1v) is 14.4. The van der Waals surface area contributed by atoms with Crippen LogP contribution in [0.5, 0.6) is 5.75 Å². The van der Waals surface area contributed by atoms with Gasteiger partial charge in [0.1, 0.15) is 5.75 Å². The molecule has 0 radical (unpaired) electrons. The second-order valence-electron chi connectivity index (χ2n) is 11.4. The number of ether oxygens (including phenoxy) is 1. The molecule has 218 valence electrons. The minimum atomic E-state index is -3.25. The number of fused-ring (bicyclic) bond motifs is 1. The van der Waals surface area contributed by atoms with E-state index in [1.54, 1.807) is 23.1 Å². The van der Waals surface area contributed by atoms with Gasteiger partial charge in [-0.2, -0.15) is 8.78 Å². The molecular weight excluding hydrogens is 526 g/mol. The number of amides is 2. The van der Waals surface area contributed by atoms with Gasteiger partial charge in [0, 0.05) is 49.2 Å². The molecule has 2 fully saturated rings. The molecule has 2 aliphatic rings. The first kappa shape index (κ1) is 28.8. The third-order valence-corrected chi connectivity index (χ3v) is 8.43. The first-order valence-electron chi connectivity index (χ1n) is 14.4. The van der Waals surface area contributed by atoms with E-state index in [1.807, 2.05) is 6.07 Å². The Bertz CT molecular complexity index is 1370. The van der Waals surface area contributed by atoms with Crippen molar-refractivity contribution < 1.29 is 23.1 Å². The van der Waals surface area contributed by atoms with Crippen LogP contribution in [0.4, 0.5) is 8.78 Å². The number of aromatic amines is 1. The zero-order valence-corrected chi connectivity index (χ0v) is 23.3. The first-order chi connectivity index (χ1) is 19.7. The summed E-state index contributed by atoms with van der Waals surface area (Å²) < 4.78 is 30.5. The van der Waals surface area contributed by atoms with Crippen LogP contribution in [-0.2, 0) is 9.59 Å². The Morgan fingerprint density at radius 3 is 2.39 bits per heavy atom. The molecule has 1 aliphatic heterocycles. The van der Waals surface area contributed by atoms with Crippen LogP contribution < -0.4 is 15.8 Å². The Morgan fingerprint density at radius 2 is 1.73 bits per heavy atom. The predicted octanol–water partition coefficient (Wildman–Crippen LogP) is 5.58. The molecule has 1 saturated carbocycles. The van der Waals surface area contributed by atoms with Crippen molar-refractivity contribution in [2.45, 2.75) is 69.6 Å². The van der Waals surface area contributed by atoms with Gasteiger partial charge in [-0.25, -0.2) is 0 Å². The summed E-state index contributed by atoms with van der Waals surface area (Å²) >= 11 is 0. The lowest BCUT2D eigenvalue weighted by atomic mass is 9.80. The number of halogens is 2. The van der Waals surface area contributed by atoms with Crippen molar-refractivity contribution >= 4 is 28.8 Å². The Kier molecular flexibility index (Phi) is 8.73. The molecule has 3 aromatic rings. The Labute approximate surface area is 239 Å². The SMILES string of the molecule is CC(F)(F)Oc1ccc(/C=C/C(=O)N2CCC(C(NC3CCC(c4c[nH]c5ccccc45)CC3)C(N)=O)CC2)cc1. The third kappa shape index (κ3) is 7.33. The quantitative estimate of drug-likeness (QED) is 0.296. The van der Waals surface area contributed by atoms with Gasteiger partial charge in [-0.05, 0) is 85.8 Å². The number of para-hydroxylation sites is 1. The standard InChI is InChI=1S/C32H38F2N4O3/c1-32(33,34)41-25-13-6-21(7-14-25)8-15-29(39)38-18-16-23(17-19-38)30(31(35)40)37-24-11-9-22(10-12-24)27-20-36-28-5-3-2-4-26(27)28/h2-8,13-15,20,22-24,30,36-37H,9-12,16-19H2,1H3,(H2,35,40)/b15-8+. The minimum Gasteiger partial charge on any atom is -0.433 e. The highest BCUT2D eigenvalue weighted by atomic mass is 19.3. The molecule has 2 amide bonds. The molecule has 5 rings (SSSR count). The highest BCUT2D eigenvalue weighted by Crippen LogP contribution is 2.37. The van der Waals surface area contributed by atoms with Gasteiger partial charge in [0.15, 0.2) is 0 Å². The van der Waals surface area contributed by atoms with Crippen LogP contribution in [-0.4, -0.2) is 53.0 Å². The van der Waals surface area contributed by atoms with Crippen LogP contribution in [0.2, 0.25) is 0 Å². The number of hydrogen-bond acceptors (Lipinski definition) is 4. The maximum atomic E-state index is 13.0. The summed E-state index contributed by atoms with van der Waals surface area (Å²) in [5.74, 6) is 0.190. The van der Waals surface area contributed by atoms with Crippen molar-refractivity contribution in [1.82, 2.24) is 15.2 Å². The van der Waals surface area contributed by atoms with E-state index in [0.717, 1.165) is 25.7 Å². The average Bonchev–Trinajstić information content (AvgIpc) is 3.39. The largest absolute Gasteiger partial charge is 0.433 e. The lowest BCUT2D eigenvalue weighted by molar-refractivity contribution is -0.159. The summed E-state index contributed by atoms with van der Waals surface area (Å²) in [6.07, 6.45) is 7.53. The number of aromatic nitrogens is 1. The van der Waals surface area contributed by atoms with Crippen LogP contribution in [0.1, 0.15) is 62.5 Å². The normalized spacial score (nSPS) is 21.3. The number of carbonyl (C=O) groups excluding carboxylic acids is 2. The molecule has 2 heterocycles. The second kappa shape index (κ2) is 12.4. The number of carbonyl (C=O) groups is 2. The summed E-state index contributed by atoms with van der Waals surface area (Å²) in [4.78, 5) is 30.4. The number of primary amides is 1. The van der Waals surface area contributed by atoms with E-state index in [1.165, 1.54) is 34.7 Å². The number of nitrogens with two attached hydrogens (primary N) is 1. The number of nitrogens with one attached hydrogen (secondary N) is 2. The predicted molar refractivity (Wildman–Crippen MR) is 155 cm³/mol. The number of likely N-dealkylation sites (tertiary alicyclic amines) is 1. The molecule has 0 bridgehead atoms. The number of H-pyrrole nitrogens is 1. The number of nitrogens with zero attached hydrogens (tertiary/aromatic N) is 1. The van der Waals surface area contributed by atoms with Crippen molar-refractivity contribution in [3.05, 3.63) is 71.9 Å². The van der Waals surface area contributed by atoms with E-state index < -0.39 is 12.2 Å². The number of piperidine rings is 1. The molecule has 2 aromatic carbocycles. The molecule has 1 aromatic heterocycles. The van der Waals surface area contributed by atoms with Crippen LogP contribution in [0.3, 0.4) is 0 Å². The lowest BCUT2D eigenvalue weighted by Crippen LogP contribution is -2.54. The van der Waals surface area contributed by atoms with Gasteiger partial charge in [0.25, 0.3) is 0 Å². The molecule has 1 unspecified atom stereocenters. The third-order valence-electron chi connectivity index (χ3n) is 8.43. The fourth-order valence-corrected chi connectivity index (χ4v) is 6.29. The van der Waals surface area contributed by atoms with E-state index in [0.29, 0.717) is 44.3 Å². The van der Waals surface area contributed by atoms with Crippen LogP contribution in [0, 0.1) is 5.92 Å². The summed E-state index contributed by atoms with van der Waals surface area (Å²) in [5, 5.41) is 4.87. The summed E-state index contributed by atoms with van der Waals surface area (Å²) in [5.41, 5.74) is 9.11. The maximum Gasteiger partial charge on any atom is 0.394 e. The van der Waals surface area contributed by atoms with Gasteiger partial charge in [-0.3, -0.25) is 9.59 Å². The van der Waals surface area contributed by atoms with Crippen LogP contribution in [0.15, 0.2) is 60.8 Å². The second-order valence-corrected chi connectivity index (χ2v) is 11.4. The molecule has 0 spiro atoms. The molecule has 1 saturated heterocycles. The minimum absolute atomic E-state index is 0.0583. The zero-order valence-electron chi connectivity index (χ0n) is 23.3. The Hall–Kier alpha value is -3.72. The van der Waals surface area contributed by atoms with Gasteiger partial charge in [0.05, 0.1) is 6.04 Å². The average molecular weight is 565 g/mol. The van der Waals surface area contributed by atoms with Crippen molar-refractivity contribution in [1.29, 1.82) is 0 Å². The van der Waals surface area contributed by atoms with E-state index in [-0.39, 0.29) is 29.5 Å². The monoisotopic (exact) mass is 564 g/mol. The molecule has 1 aliphatic carbocycles. The molecule has 7 nitrogen and oxygen atoms in total. The van der Waals surface area contributed by atoms with E-state index in [4.69, 9.17) is 5.73 Å². The fraction of sp³-hybridized carbons (Fsp3) is 0.438. The van der Waals surface area contributed by atoms with Gasteiger partial charge < -0.3 is 25.7 Å². The highest BCUT2D eigenvalue weighted by molar-refractivity contribution is 5.92. The van der Waals surface area contributed by atoms with E-state index in [9.17, 15) is 18.4 Å². The molecule has 9 heteroatoms. The van der Waals surface area contributed by atoms with Crippen LogP contribution in [0.25, 0.3) is 17.0 Å². The van der Waals surface area contributed by atoms with Gasteiger partial charge in [0.2, 0.25) is 11.8 Å². The Morgan fingerprint density at radius 1 is 1.05 bits per heavy atom. The fourth-order valence-electron chi connectivity index (χ4n) is 6.29. The maximum absolute atomic E-state index is 13.0. The summed E-state index contributed by atoms with van der Waals surface area (Å²) in [6, 6.07) is 14.4. The van der Waals surface area contributed by atoms with Crippen LogP contribution >= 0.6 is 0 Å². The summed E-state index contributed by atoms with van der Waals surface area (Å²) in [6.45, 7) is 1.78. The lowest BCUT2D eigenvalue weighted by Gasteiger charge is -2.38. The van der Waals surface area contributed by atoms with E-state index >= 15 is 0 Å². The molecule has 1 atom stereocenters. The van der Waals surface area contributed by atoms with Crippen molar-refractivity contribution in [2.75, 3.05) is 13.1 Å². The van der Waals surface area contributed by atoms with E-state index in [2.05, 4.69) is 39.4 Å².